The van der Waals surface area contributed by atoms with Gasteiger partial charge in [-0.3, -0.25) is 14.9 Å². The Morgan fingerprint density at radius 3 is 2.79 bits per heavy atom. The molecule has 0 aliphatic rings. The van der Waals surface area contributed by atoms with Crippen molar-refractivity contribution >= 4 is 23.4 Å². The molecule has 2 rings (SSSR count). The second kappa shape index (κ2) is 5.40. The van der Waals surface area contributed by atoms with Gasteiger partial charge in [-0.15, -0.1) is 0 Å². The molecule has 19 heavy (non-hydrogen) atoms. The Kier molecular flexibility index (Phi) is 3.66. The summed E-state index contributed by atoms with van der Waals surface area (Å²) in [6.45, 7) is 0. The van der Waals surface area contributed by atoms with E-state index in [1.807, 2.05) is 0 Å². The molecule has 2 heterocycles. The lowest BCUT2D eigenvalue weighted by atomic mass is 10.2. The Balaban J connectivity index is 2.40. The number of nitrogens with zero attached hydrogens (tertiary/aromatic N) is 4. The van der Waals surface area contributed by atoms with Crippen LogP contribution in [0, 0.1) is 10.1 Å². The summed E-state index contributed by atoms with van der Waals surface area (Å²) in [6.07, 6.45) is 3.94. The molecule has 0 saturated heterocycles. The Hall–Kier alpha value is -2.55. The van der Waals surface area contributed by atoms with Crippen molar-refractivity contribution in [2.75, 3.05) is 0 Å². The predicted molar refractivity (Wildman–Crippen MR) is 65.6 cm³/mol. The first-order valence-electron chi connectivity index (χ1n) is 4.96. The van der Waals surface area contributed by atoms with Gasteiger partial charge in [-0.2, -0.15) is 0 Å². The summed E-state index contributed by atoms with van der Waals surface area (Å²) < 4.78 is 0. The molecule has 2 N–H and O–H groups in total. The average molecular weight is 277 g/mol. The molecule has 0 saturated carbocycles. The molecule has 96 valence electrons. The van der Waals surface area contributed by atoms with Crippen LogP contribution in [0.4, 0.5) is 5.69 Å². The first-order valence-corrected chi connectivity index (χ1v) is 5.77. The van der Waals surface area contributed by atoms with Crippen molar-refractivity contribution in [1.29, 1.82) is 0 Å². The lowest BCUT2D eigenvalue weighted by molar-refractivity contribution is -0.385. The number of amides is 1. The second-order valence-corrected chi connectivity index (χ2v) is 4.33. The summed E-state index contributed by atoms with van der Waals surface area (Å²) in [4.78, 5) is 32.9. The van der Waals surface area contributed by atoms with E-state index in [9.17, 15) is 14.9 Å². The molecule has 8 nitrogen and oxygen atoms in total. The van der Waals surface area contributed by atoms with Crippen LogP contribution in [0.25, 0.3) is 0 Å². The van der Waals surface area contributed by atoms with Crippen LogP contribution < -0.4 is 5.73 Å². The average Bonchev–Trinajstić information content (AvgIpc) is 2.39. The molecule has 0 aliphatic heterocycles. The normalized spacial score (nSPS) is 10.1. The minimum Gasteiger partial charge on any atom is -0.366 e. The molecule has 0 fully saturated rings. The van der Waals surface area contributed by atoms with Gasteiger partial charge in [-0.25, -0.2) is 15.0 Å². The van der Waals surface area contributed by atoms with E-state index >= 15 is 0 Å². The minimum absolute atomic E-state index is 0.0159. The molecule has 9 heteroatoms. The molecule has 2 aromatic heterocycles. The van der Waals surface area contributed by atoms with Gasteiger partial charge in [0.2, 0.25) is 0 Å². The first-order chi connectivity index (χ1) is 9.08. The van der Waals surface area contributed by atoms with Crippen molar-refractivity contribution < 1.29 is 9.72 Å². The van der Waals surface area contributed by atoms with E-state index in [0.29, 0.717) is 5.03 Å². The quantitative estimate of drug-likeness (QED) is 0.502. The molecule has 0 atom stereocenters. The smallest absolute Gasteiger partial charge is 0.288 e. The van der Waals surface area contributed by atoms with Crippen LogP contribution in [-0.2, 0) is 0 Å². The molecular formula is C10H7N5O3S. The number of nitro groups is 1. The predicted octanol–water partition coefficient (Wildman–Crippen LogP) is 1.03. The van der Waals surface area contributed by atoms with Crippen LogP contribution in [0.3, 0.4) is 0 Å². The number of rotatable bonds is 4. The zero-order valence-electron chi connectivity index (χ0n) is 9.39. The molecule has 0 bridgehead atoms. The third kappa shape index (κ3) is 3.01. The fourth-order valence-corrected chi connectivity index (χ4v) is 2.04. The van der Waals surface area contributed by atoms with Crippen molar-refractivity contribution in [2.45, 2.75) is 10.1 Å². The largest absolute Gasteiger partial charge is 0.366 e. The van der Waals surface area contributed by atoms with Crippen LogP contribution in [0.2, 0.25) is 0 Å². The lowest BCUT2D eigenvalue weighted by Gasteiger charge is -2.04. The number of carbonyl (C=O) groups is 1. The van der Waals surface area contributed by atoms with Gasteiger partial charge in [0.05, 0.1) is 10.5 Å². The Labute approximate surface area is 111 Å². The molecule has 1 amide bonds. The van der Waals surface area contributed by atoms with Crippen molar-refractivity contribution in [2.24, 2.45) is 5.73 Å². The van der Waals surface area contributed by atoms with Gasteiger partial charge in [-0.1, -0.05) is 0 Å². The Bertz CT molecular complexity index is 634. The van der Waals surface area contributed by atoms with Gasteiger partial charge in [0.25, 0.3) is 11.6 Å². The zero-order valence-corrected chi connectivity index (χ0v) is 10.2. The van der Waals surface area contributed by atoms with Crippen LogP contribution in [0.1, 0.15) is 10.4 Å². The van der Waals surface area contributed by atoms with E-state index in [4.69, 9.17) is 5.73 Å². The number of hydrogen-bond acceptors (Lipinski definition) is 7. The van der Waals surface area contributed by atoms with Crippen LogP contribution in [-0.4, -0.2) is 25.8 Å². The zero-order chi connectivity index (χ0) is 13.8. The summed E-state index contributed by atoms with van der Waals surface area (Å²) in [7, 11) is 0. The van der Waals surface area contributed by atoms with Gasteiger partial charge in [-0.05, 0) is 17.8 Å². The number of hydrogen-bond donors (Lipinski definition) is 1. The summed E-state index contributed by atoms with van der Waals surface area (Å²) in [5, 5.41) is 11.4. The van der Waals surface area contributed by atoms with Crippen molar-refractivity contribution in [3.63, 3.8) is 0 Å². The summed E-state index contributed by atoms with van der Waals surface area (Å²) in [5.41, 5.74) is 4.88. The third-order valence-electron chi connectivity index (χ3n) is 2.07. The fraction of sp³-hybridized carbons (Fsp3) is 0. The van der Waals surface area contributed by atoms with Crippen LogP contribution >= 0.6 is 11.8 Å². The highest BCUT2D eigenvalue weighted by molar-refractivity contribution is 7.99. The van der Waals surface area contributed by atoms with Crippen LogP contribution in [0.15, 0.2) is 40.9 Å². The minimum atomic E-state index is -0.784. The van der Waals surface area contributed by atoms with E-state index in [0.717, 1.165) is 24.0 Å². The molecule has 0 radical (unpaired) electrons. The highest BCUT2D eigenvalue weighted by atomic mass is 32.2. The van der Waals surface area contributed by atoms with Gasteiger partial charge < -0.3 is 5.73 Å². The molecule has 0 spiro atoms. The topological polar surface area (TPSA) is 125 Å². The number of nitrogens with two attached hydrogens (primary N) is 1. The highest BCUT2D eigenvalue weighted by Crippen LogP contribution is 2.28. The standard InChI is InChI=1S/C10H7N5O3S/c11-9(16)7-3-6(15(17)18)4-13-10(7)19-8-1-2-12-5-14-8/h1-5H,(H2,11,16). The maximum absolute atomic E-state index is 11.3. The lowest BCUT2D eigenvalue weighted by Crippen LogP contribution is -2.13. The van der Waals surface area contributed by atoms with Crippen molar-refractivity contribution in [1.82, 2.24) is 15.0 Å². The van der Waals surface area contributed by atoms with Gasteiger partial charge in [0.1, 0.15) is 22.6 Å². The SMILES string of the molecule is NC(=O)c1cc([N+](=O)[O-])cnc1Sc1ccncn1. The van der Waals surface area contributed by atoms with E-state index < -0.39 is 10.8 Å². The van der Waals surface area contributed by atoms with Gasteiger partial charge in [0, 0.05) is 12.3 Å². The Morgan fingerprint density at radius 1 is 1.42 bits per heavy atom. The third-order valence-corrected chi connectivity index (χ3v) is 3.04. The first kappa shape index (κ1) is 12.9. The number of primary amides is 1. The molecule has 0 aliphatic carbocycles. The van der Waals surface area contributed by atoms with Gasteiger partial charge in [0.15, 0.2) is 0 Å². The molecule has 0 aromatic carbocycles. The van der Waals surface area contributed by atoms with E-state index in [1.54, 1.807) is 6.07 Å². The molecule has 0 unspecified atom stereocenters. The number of carbonyl (C=O) groups excluding carboxylic acids is 1. The molecular weight excluding hydrogens is 270 g/mol. The van der Waals surface area contributed by atoms with E-state index in [2.05, 4.69) is 15.0 Å². The van der Waals surface area contributed by atoms with Gasteiger partial charge >= 0.3 is 0 Å². The van der Waals surface area contributed by atoms with E-state index in [-0.39, 0.29) is 16.3 Å². The van der Waals surface area contributed by atoms with Crippen LogP contribution in [0.5, 0.6) is 0 Å². The summed E-state index contributed by atoms with van der Waals surface area (Å²) in [5.74, 6) is -0.784. The summed E-state index contributed by atoms with van der Waals surface area (Å²) in [6, 6.07) is 2.72. The fourth-order valence-electron chi connectivity index (χ4n) is 1.24. The Morgan fingerprint density at radius 2 is 2.21 bits per heavy atom. The monoisotopic (exact) mass is 277 g/mol. The number of aromatic nitrogens is 3. The maximum Gasteiger partial charge on any atom is 0.288 e. The molecule has 2 aromatic rings. The maximum atomic E-state index is 11.3. The van der Waals surface area contributed by atoms with Crippen molar-refractivity contribution in [3.05, 3.63) is 46.5 Å². The highest BCUT2D eigenvalue weighted by Gasteiger charge is 2.17. The van der Waals surface area contributed by atoms with Crippen molar-refractivity contribution in [3.8, 4) is 0 Å². The summed E-state index contributed by atoms with van der Waals surface area (Å²) >= 11 is 1.08. The number of pyridine rings is 1. The van der Waals surface area contributed by atoms with E-state index in [1.165, 1.54) is 12.5 Å². The second-order valence-electron chi connectivity index (χ2n) is 3.32.